The number of morpholine rings is 1. The zero-order valence-corrected chi connectivity index (χ0v) is 15.9. The number of carbonyl (C=O) groups is 1. The van der Waals surface area contributed by atoms with Crippen molar-refractivity contribution in [2.75, 3.05) is 13.2 Å². The summed E-state index contributed by atoms with van der Waals surface area (Å²) in [6.45, 7) is 2.41. The smallest absolute Gasteiger partial charge is 0.335 e. The molecule has 0 aliphatic carbocycles. The second kappa shape index (κ2) is 7.87. The van der Waals surface area contributed by atoms with Gasteiger partial charge in [0.05, 0.1) is 17.7 Å². The van der Waals surface area contributed by atoms with Crippen LogP contribution in [0.5, 0.6) is 0 Å². The van der Waals surface area contributed by atoms with Crippen molar-refractivity contribution in [1.29, 1.82) is 0 Å². The molecule has 3 rings (SSSR count). The third-order valence-electron chi connectivity index (χ3n) is 4.98. The van der Waals surface area contributed by atoms with Gasteiger partial charge >= 0.3 is 5.97 Å². The van der Waals surface area contributed by atoms with Crippen LogP contribution in [0.1, 0.15) is 28.4 Å². The van der Waals surface area contributed by atoms with Crippen LogP contribution < -0.4 is 5.32 Å². The molecule has 2 aromatic rings. The normalized spacial score (nSPS) is 25.0. The van der Waals surface area contributed by atoms with Crippen LogP contribution in [0.15, 0.2) is 54.6 Å². The Hall–Kier alpha value is -2.11. The van der Waals surface area contributed by atoms with E-state index in [1.807, 2.05) is 43.3 Å². The van der Waals surface area contributed by atoms with Crippen molar-refractivity contribution >= 4 is 14.4 Å². The highest BCUT2D eigenvalue weighted by Gasteiger charge is 2.44. The van der Waals surface area contributed by atoms with E-state index in [0.29, 0.717) is 0 Å². The van der Waals surface area contributed by atoms with E-state index in [2.05, 4.69) is 5.32 Å². The minimum absolute atomic E-state index is 0.205. The van der Waals surface area contributed by atoms with Gasteiger partial charge in [-0.05, 0) is 30.2 Å². The van der Waals surface area contributed by atoms with Gasteiger partial charge in [0.2, 0.25) is 0 Å². The van der Waals surface area contributed by atoms with Gasteiger partial charge in [0, 0.05) is 13.0 Å². The fraction of sp³-hybridized carbons (Fsp3) is 0.350. The molecule has 0 saturated carbocycles. The van der Waals surface area contributed by atoms with E-state index < -0.39 is 31.4 Å². The fourth-order valence-electron chi connectivity index (χ4n) is 3.27. The summed E-state index contributed by atoms with van der Waals surface area (Å²) in [5.41, 5.74) is 1.26. The van der Waals surface area contributed by atoms with Crippen LogP contribution in [0.2, 0.25) is 0 Å². The Morgan fingerprint density at radius 1 is 1.30 bits per heavy atom. The molecule has 142 valence electrons. The number of benzene rings is 2. The first-order valence-corrected chi connectivity index (χ1v) is 9.49. The van der Waals surface area contributed by atoms with Crippen LogP contribution in [-0.2, 0) is 21.3 Å². The van der Waals surface area contributed by atoms with Crippen LogP contribution in [0.4, 0.5) is 0 Å². The molecule has 3 N–H and O–H groups in total. The molecule has 2 aromatic carbocycles. The lowest BCUT2D eigenvalue weighted by Gasteiger charge is -2.42. The first kappa shape index (κ1) is 19.6. The monoisotopic (exact) mass is 387 g/mol. The van der Waals surface area contributed by atoms with Crippen molar-refractivity contribution in [2.45, 2.75) is 30.3 Å². The van der Waals surface area contributed by atoms with E-state index in [-0.39, 0.29) is 25.1 Å². The average Bonchev–Trinajstić information content (AvgIpc) is 2.69. The molecule has 3 atom stereocenters. The molecule has 7 heteroatoms. The van der Waals surface area contributed by atoms with Crippen molar-refractivity contribution in [2.24, 2.45) is 0 Å². The zero-order chi connectivity index (χ0) is 19.5. The molecule has 0 amide bonds. The van der Waals surface area contributed by atoms with Gasteiger partial charge in [-0.25, -0.2) is 4.79 Å². The Labute approximate surface area is 159 Å². The topological polar surface area (TPSA) is 95.9 Å². The third-order valence-corrected chi connectivity index (χ3v) is 5.74. The number of carboxylic acids is 1. The van der Waals surface area contributed by atoms with Crippen LogP contribution in [-0.4, -0.2) is 40.8 Å². The summed E-state index contributed by atoms with van der Waals surface area (Å²) < 4.78 is 17.7. The Morgan fingerprint density at radius 3 is 2.63 bits per heavy atom. The molecule has 1 fully saturated rings. The second-order valence-corrected chi connectivity index (χ2v) is 7.99. The molecule has 27 heavy (non-hydrogen) atoms. The maximum absolute atomic E-state index is 11.8. The number of rotatable bonds is 6. The van der Waals surface area contributed by atoms with Gasteiger partial charge < -0.3 is 20.3 Å². The Kier molecular flexibility index (Phi) is 5.72. The molecule has 1 saturated heterocycles. The van der Waals surface area contributed by atoms with Crippen molar-refractivity contribution in [1.82, 2.24) is 5.32 Å². The van der Waals surface area contributed by atoms with E-state index in [0.717, 1.165) is 11.1 Å². The largest absolute Gasteiger partial charge is 0.478 e. The summed E-state index contributed by atoms with van der Waals surface area (Å²) in [6, 6.07) is 16.0. The first-order valence-electron chi connectivity index (χ1n) is 8.68. The highest BCUT2D eigenvalue weighted by molar-refractivity contribution is 7.25. The Morgan fingerprint density at radius 2 is 2.04 bits per heavy atom. The Bertz CT molecular complexity index is 820. The molecule has 1 unspecified atom stereocenters. The van der Waals surface area contributed by atoms with Crippen molar-refractivity contribution in [3.05, 3.63) is 71.3 Å². The van der Waals surface area contributed by atoms with Gasteiger partial charge in [0.25, 0.3) is 0 Å². The number of nitrogens with one attached hydrogen (secondary N) is 1. The van der Waals surface area contributed by atoms with Gasteiger partial charge in [0.15, 0.2) is 13.8 Å². The molecule has 1 heterocycles. The number of hydrogen-bond donors (Lipinski definition) is 3. The molecular formula is C20H22NO5P. The highest BCUT2D eigenvalue weighted by Crippen LogP contribution is 2.35. The molecule has 0 radical (unpaired) electrons. The third kappa shape index (κ3) is 4.25. The summed E-state index contributed by atoms with van der Waals surface area (Å²) in [4.78, 5) is 11.2. The standard InChI is InChI=1S/C20H22NO5P/c1-19(16-9-5-8-15(10-16)18(22)23)13-26-17(12-21-19)20(24,27-25)11-14-6-3-2-4-7-14/h2-10,17,21,24H,11-13H2,1H3,(H,22,23)/t17-,19-,20?/m0/s1. The number of hydrogen-bond acceptors (Lipinski definition) is 5. The van der Waals surface area contributed by atoms with Crippen LogP contribution in [0, 0.1) is 0 Å². The fourth-order valence-corrected chi connectivity index (χ4v) is 3.80. The summed E-state index contributed by atoms with van der Waals surface area (Å²) in [7, 11) is -0.399. The number of aliphatic hydroxyl groups is 1. The number of carboxylic acid groups (broad SMARTS) is 1. The first-order chi connectivity index (χ1) is 12.9. The highest BCUT2D eigenvalue weighted by atomic mass is 31.1. The Balaban J connectivity index is 1.74. The quantitative estimate of drug-likeness (QED) is 0.660. The van der Waals surface area contributed by atoms with Gasteiger partial charge in [-0.15, -0.1) is 0 Å². The number of ether oxygens (including phenoxy) is 1. The van der Waals surface area contributed by atoms with Gasteiger partial charge in [-0.2, -0.15) is 0 Å². The predicted octanol–water partition coefficient (Wildman–Crippen LogP) is 2.81. The van der Waals surface area contributed by atoms with E-state index in [1.165, 1.54) is 6.07 Å². The maximum atomic E-state index is 11.8. The summed E-state index contributed by atoms with van der Waals surface area (Å²) in [5.74, 6) is -0.988. The van der Waals surface area contributed by atoms with Gasteiger partial charge in [-0.3, -0.25) is 4.57 Å². The lowest BCUT2D eigenvalue weighted by atomic mass is 9.89. The molecule has 6 nitrogen and oxygen atoms in total. The average molecular weight is 387 g/mol. The van der Waals surface area contributed by atoms with Crippen LogP contribution in [0.3, 0.4) is 0 Å². The van der Waals surface area contributed by atoms with E-state index in [4.69, 9.17) is 4.74 Å². The van der Waals surface area contributed by atoms with E-state index in [1.54, 1.807) is 12.1 Å². The SMILES string of the molecule is C[C@@]1(c2cccc(C(=O)O)c2)CO[C@H](C(O)(Cc2ccccc2)P=O)CN1. The summed E-state index contributed by atoms with van der Waals surface area (Å²) in [5, 5.41) is 21.9. The van der Waals surface area contributed by atoms with E-state index in [9.17, 15) is 19.6 Å². The zero-order valence-electron chi connectivity index (χ0n) is 15.0. The molecular weight excluding hydrogens is 365 g/mol. The lowest BCUT2D eigenvalue weighted by Crippen LogP contribution is -2.59. The summed E-state index contributed by atoms with van der Waals surface area (Å²) >= 11 is 0. The van der Waals surface area contributed by atoms with Crippen LogP contribution in [0.25, 0.3) is 0 Å². The maximum Gasteiger partial charge on any atom is 0.335 e. The summed E-state index contributed by atoms with van der Waals surface area (Å²) in [6.07, 6.45) is -0.455. The van der Waals surface area contributed by atoms with E-state index >= 15 is 0 Å². The second-order valence-electron chi connectivity index (χ2n) is 7.03. The molecule has 0 aromatic heterocycles. The van der Waals surface area contributed by atoms with Crippen molar-refractivity contribution in [3.8, 4) is 0 Å². The predicted molar refractivity (Wildman–Crippen MR) is 101 cm³/mol. The van der Waals surface area contributed by atoms with Gasteiger partial charge in [-0.1, -0.05) is 42.5 Å². The molecule has 1 aliphatic heterocycles. The van der Waals surface area contributed by atoms with Crippen molar-refractivity contribution < 1.29 is 24.3 Å². The van der Waals surface area contributed by atoms with Gasteiger partial charge in [0.1, 0.15) is 6.10 Å². The lowest BCUT2D eigenvalue weighted by molar-refractivity contribution is -0.103. The molecule has 1 aliphatic rings. The number of aromatic carboxylic acids is 1. The van der Waals surface area contributed by atoms with Crippen LogP contribution >= 0.6 is 8.46 Å². The minimum atomic E-state index is -1.54. The molecule has 0 spiro atoms. The minimum Gasteiger partial charge on any atom is -0.478 e. The van der Waals surface area contributed by atoms with Crippen molar-refractivity contribution in [3.63, 3.8) is 0 Å². The molecule has 0 bridgehead atoms.